The Labute approximate surface area is 115 Å². The van der Waals surface area contributed by atoms with Gasteiger partial charge in [-0.1, -0.05) is 6.07 Å². The number of hydrogen-bond acceptors (Lipinski definition) is 4. The normalized spacial score (nSPS) is 11.7. The number of non-ortho nitro benzene ring substituents is 1. The van der Waals surface area contributed by atoms with Gasteiger partial charge in [0.25, 0.3) is 11.6 Å². The molecule has 2 rings (SSSR count). The van der Waals surface area contributed by atoms with Crippen molar-refractivity contribution in [3.63, 3.8) is 0 Å². The first-order valence-corrected chi connectivity index (χ1v) is 6.03. The zero-order valence-corrected chi connectivity index (χ0v) is 10.8. The minimum Gasteiger partial charge on any atom is -0.346 e. The molecule has 0 aliphatic rings. The molecule has 1 unspecified atom stereocenters. The Morgan fingerprint density at radius 1 is 1.30 bits per heavy atom. The highest BCUT2D eigenvalue weighted by Crippen LogP contribution is 2.15. The zero-order valence-electron chi connectivity index (χ0n) is 10.8. The molecule has 20 heavy (non-hydrogen) atoms. The summed E-state index contributed by atoms with van der Waals surface area (Å²) >= 11 is 0. The first-order valence-electron chi connectivity index (χ1n) is 6.03. The van der Waals surface area contributed by atoms with Gasteiger partial charge >= 0.3 is 0 Å². The van der Waals surface area contributed by atoms with Gasteiger partial charge in [0.15, 0.2) is 0 Å². The van der Waals surface area contributed by atoms with E-state index < -0.39 is 4.92 Å². The molecule has 1 atom stereocenters. The highest BCUT2D eigenvalue weighted by molar-refractivity contribution is 5.95. The average Bonchev–Trinajstić information content (AvgIpc) is 2.48. The third-order valence-electron chi connectivity index (χ3n) is 2.87. The molecule has 1 N–H and O–H groups in total. The maximum atomic E-state index is 12.1. The van der Waals surface area contributed by atoms with Crippen LogP contribution in [0, 0.1) is 10.1 Å². The summed E-state index contributed by atoms with van der Waals surface area (Å²) in [7, 11) is 0. The molecule has 0 saturated heterocycles. The van der Waals surface area contributed by atoms with Crippen molar-refractivity contribution in [1.82, 2.24) is 10.3 Å². The first-order chi connectivity index (χ1) is 9.58. The maximum Gasteiger partial charge on any atom is 0.270 e. The van der Waals surface area contributed by atoms with Crippen LogP contribution in [0.5, 0.6) is 0 Å². The molecule has 102 valence electrons. The smallest absolute Gasteiger partial charge is 0.270 e. The number of amides is 1. The van der Waals surface area contributed by atoms with Gasteiger partial charge in [-0.25, -0.2) is 0 Å². The second kappa shape index (κ2) is 5.92. The van der Waals surface area contributed by atoms with E-state index in [0.717, 1.165) is 5.56 Å². The lowest BCUT2D eigenvalue weighted by Crippen LogP contribution is -2.26. The summed E-state index contributed by atoms with van der Waals surface area (Å²) in [5.74, 6) is -0.349. The molecule has 6 heteroatoms. The molecule has 0 aliphatic carbocycles. The molecule has 1 aromatic heterocycles. The number of carbonyl (C=O) groups is 1. The summed E-state index contributed by atoms with van der Waals surface area (Å²) in [5, 5.41) is 13.5. The topological polar surface area (TPSA) is 85.1 Å². The molecule has 0 bridgehead atoms. The average molecular weight is 271 g/mol. The fraction of sp³-hybridized carbons (Fsp3) is 0.143. The number of pyridine rings is 1. The van der Waals surface area contributed by atoms with E-state index in [1.54, 1.807) is 30.6 Å². The highest BCUT2D eigenvalue weighted by Gasteiger charge is 2.14. The standard InChI is InChI=1S/C14H13N3O3/c1-10(11-5-7-15-8-6-11)16-14(18)12-3-2-4-13(9-12)17(19)20/h2-10H,1H3,(H,16,18). The molecule has 1 heterocycles. The number of nitro groups is 1. The summed E-state index contributed by atoms with van der Waals surface area (Å²) in [4.78, 5) is 26.1. The Bertz CT molecular complexity index is 629. The second-order valence-corrected chi connectivity index (χ2v) is 4.28. The number of nitrogens with one attached hydrogen (secondary N) is 1. The van der Waals surface area contributed by atoms with Crippen molar-refractivity contribution in [2.75, 3.05) is 0 Å². The predicted molar refractivity (Wildman–Crippen MR) is 73.2 cm³/mol. The molecular formula is C14H13N3O3. The molecule has 1 aromatic carbocycles. The monoisotopic (exact) mass is 271 g/mol. The van der Waals surface area contributed by atoms with Gasteiger partial charge in [0.2, 0.25) is 0 Å². The Kier molecular flexibility index (Phi) is 4.05. The van der Waals surface area contributed by atoms with Gasteiger partial charge in [0.05, 0.1) is 11.0 Å². The lowest BCUT2D eigenvalue weighted by atomic mass is 10.1. The van der Waals surface area contributed by atoms with Crippen LogP contribution in [0.3, 0.4) is 0 Å². The van der Waals surface area contributed by atoms with Crippen molar-refractivity contribution >= 4 is 11.6 Å². The Hall–Kier alpha value is -2.76. The Balaban J connectivity index is 2.12. The zero-order chi connectivity index (χ0) is 14.5. The minimum atomic E-state index is -0.525. The van der Waals surface area contributed by atoms with E-state index in [2.05, 4.69) is 10.3 Å². The molecule has 0 radical (unpaired) electrons. The van der Waals surface area contributed by atoms with Crippen LogP contribution in [0.15, 0.2) is 48.8 Å². The van der Waals surface area contributed by atoms with E-state index in [0.29, 0.717) is 0 Å². The third-order valence-corrected chi connectivity index (χ3v) is 2.87. The van der Waals surface area contributed by atoms with Crippen molar-refractivity contribution in [2.24, 2.45) is 0 Å². The summed E-state index contributed by atoms with van der Waals surface area (Å²) in [6, 6.07) is 9.05. The fourth-order valence-electron chi connectivity index (χ4n) is 1.78. The Morgan fingerprint density at radius 2 is 2.00 bits per heavy atom. The number of nitrogens with zero attached hydrogens (tertiary/aromatic N) is 2. The number of benzene rings is 1. The fourth-order valence-corrected chi connectivity index (χ4v) is 1.78. The Morgan fingerprint density at radius 3 is 2.65 bits per heavy atom. The lowest BCUT2D eigenvalue weighted by molar-refractivity contribution is -0.384. The van der Waals surface area contributed by atoms with Crippen molar-refractivity contribution < 1.29 is 9.72 Å². The molecular weight excluding hydrogens is 258 g/mol. The summed E-state index contributed by atoms with van der Waals surface area (Å²) in [5.41, 5.74) is 1.08. The summed E-state index contributed by atoms with van der Waals surface area (Å²) in [6.45, 7) is 1.84. The number of aromatic nitrogens is 1. The van der Waals surface area contributed by atoms with Gasteiger partial charge < -0.3 is 5.32 Å². The highest BCUT2D eigenvalue weighted by atomic mass is 16.6. The number of rotatable bonds is 4. The third kappa shape index (κ3) is 3.17. The van der Waals surface area contributed by atoms with Gasteiger partial charge in [-0.15, -0.1) is 0 Å². The molecule has 0 fully saturated rings. The van der Waals surface area contributed by atoms with E-state index in [4.69, 9.17) is 0 Å². The van der Waals surface area contributed by atoms with Crippen LogP contribution in [0.1, 0.15) is 28.9 Å². The van der Waals surface area contributed by atoms with E-state index in [9.17, 15) is 14.9 Å². The molecule has 1 amide bonds. The molecule has 0 saturated carbocycles. The number of nitro benzene ring substituents is 1. The van der Waals surface area contributed by atoms with Crippen LogP contribution < -0.4 is 5.32 Å². The van der Waals surface area contributed by atoms with Crippen molar-refractivity contribution in [3.05, 3.63) is 70.0 Å². The van der Waals surface area contributed by atoms with E-state index in [1.165, 1.54) is 18.2 Å². The van der Waals surface area contributed by atoms with Crippen molar-refractivity contribution in [2.45, 2.75) is 13.0 Å². The largest absolute Gasteiger partial charge is 0.346 e. The van der Waals surface area contributed by atoms with Crippen molar-refractivity contribution in [1.29, 1.82) is 0 Å². The molecule has 6 nitrogen and oxygen atoms in total. The summed E-state index contributed by atoms with van der Waals surface area (Å²) < 4.78 is 0. The molecule has 0 spiro atoms. The number of carbonyl (C=O) groups excluding carboxylic acids is 1. The first kappa shape index (κ1) is 13.7. The van der Waals surface area contributed by atoms with E-state index in [-0.39, 0.29) is 23.2 Å². The van der Waals surface area contributed by atoms with Gasteiger partial charge in [0, 0.05) is 30.1 Å². The minimum absolute atomic E-state index is 0.103. The van der Waals surface area contributed by atoms with Gasteiger partial charge in [0.1, 0.15) is 0 Å². The van der Waals surface area contributed by atoms with Gasteiger partial charge in [-0.3, -0.25) is 19.9 Å². The van der Waals surface area contributed by atoms with E-state index in [1.807, 2.05) is 6.92 Å². The van der Waals surface area contributed by atoms with Crippen LogP contribution >= 0.6 is 0 Å². The van der Waals surface area contributed by atoms with E-state index >= 15 is 0 Å². The van der Waals surface area contributed by atoms with Crippen LogP contribution in [-0.2, 0) is 0 Å². The van der Waals surface area contributed by atoms with Crippen molar-refractivity contribution in [3.8, 4) is 0 Å². The van der Waals surface area contributed by atoms with Crippen LogP contribution in [-0.4, -0.2) is 15.8 Å². The van der Waals surface area contributed by atoms with Crippen LogP contribution in [0.2, 0.25) is 0 Å². The predicted octanol–water partition coefficient (Wildman–Crippen LogP) is 2.48. The quantitative estimate of drug-likeness (QED) is 0.683. The summed E-state index contributed by atoms with van der Waals surface area (Å²) in [6.07, 6.45) is 3.29. The molecule has 2 aromatic rings. The van der Waals surface area contributed by atoms with Crippen LogP contribution in [0.4, 0.5) is 5.69 Å². The second-order valence-electron chi connectivity index (χ2n) is 4.28. The van der Waals surface area contributed by atoms with Gasteiger partial charge in [-0.05, 0) is 30.7 Å². The number of hydrogen-bond donors (Lipinski definition) is 1. The maximum absolute atomic E-state index is 12.1. The lowest BCUT2D eigenvalue weighted by Gasteiger charge is -2.13. The van der Waals surface area contributed by atoms with Gasteiger partial charge in [-0.2, -0.15) is 0 Å². The van der Waals surface area contributed by atoms with Crippen LogP contribution in [0.25, 0.3) is 0 Å². The SMILES string of the molecule is CC(NC(=O)c1cccc([N+](=O)[O-])c1)c1ccncc1. The molecule has 0 aliphatic heterocycles.